The number of hydrogen-bond donors (Lipinski definition) is 4. The van der Waals surface area contributed by atoms with Gasteiger partial charge in [-0.15, -0.1) is 6.42 Å². The van der Waals surface area contributed by atoms with E-state index in [2.05, 4.69) is 23.5 Å². The van der Waals surface area contributed by atoms with Gasteiger partial charge in [-0.05, 0) is 56.5 Å². The first kappa shape index (κ1) is 32.2. The molecule has 9 nitrogen and oxygen atoms in total. The molecule has 0 spiro atoms. The number of benzene rings is 2. The predicted octanol–water partition coefficient (Wildman–Crippen LogP) is 3.68. The summed E-state index contributed by atoms with van der Waals surface area (Å²) >= 11 is 0. The minimum Gasteiger partial charge on any atom is -0.508 e. The molecule has 2 atom stereocenters. The molecule has 9 heteroatoms. The summed E-state index contributed by atoms with van der Waals surface area (Å²) in [5.41, 5.74) is 0.705. The van der Waals surface area contributed by atoms with Gasteiger partial charge in [-0.3, -0.25) is 9.59 Å². The SMILES string of the molecule is C#Cc1ccccc1C(C(=O)NCCCCC)N(CCO)C(=O)C(Cc1ccc(O)cc1)NC(=O)OC(C)(C)C. The Balaban J connectivity index is 2.53. The van der Waals surface area contributed by atoms with Gasteiger partial charge in [0.25, 0.3) is 0 Å². The van der Waals surface area contributed by atoms with E-state index in [9.17, 15) is 24.6 Å². The Morgan fingerprint density at radius 3 is 2.35 bits per heavy atom. The quantitative estimate of drug-likeness (QED) is 0.222. The number of aliphatic hydroxyl groups excluding tert-OH is 1. The van der Waals surface area contributed by atoms with Crippen molar-refractivity contribution in [1.82, 2.24) is 15.5 Å². The Kier molecular flexibility index (Phi) is 12.5. The lowest BCUT2D eigenvalue weighted by molar-refractivity contribution is -0.143. The van der Waals surface area contributed by atoms with Crippen molar-refractivity contribution in [3.63, 3.8) is 0 Å². The second-order valence-corrected chi connectivity index (χ2v) is 10.5. The highest BCUT2D eigenvalue weighted by Crippen LogP contribution is 2.26. The van der Waals surface area contributed by atoms with Gasteiger partial charge in [-0.2, -0.15) is 0 Å². The number of phenolic OH excluding ortho intramolecular Hbond substituents is 1. The van der Waals surface area contributed by atoms with Crippen LogP contribution in [-0.2, 0) is 20.7 Å². The van der Waals surface area contributed by atoms with E-state index in [0.29, 0.717) is 23.2 Å². The number of rotatable bonds is 13. The van der Waals surface area contributed by atoms with Crippen molar-refractivity contribution in [3.8, 4) is 18.1 Å². The standard InChI is InChI=1S/C31H41N3O6/c1-6-8-11-18-32-28(37)27(25-13-10-9-12-23(25)7-2)34(19-20-35)29(38)26(33-30(39)40-31(3,4)5)21-22-14-16-24(36)17-15-22/h2,9-10,12-17,26-27,35-36H,6,8,11,18-21H2,1,3-5H3,(H,32,37)(H,33,39). The van der Waals surface area contributed by atoms with Crippen molar-refractivity contribution in [3.05, 3.63) is 65.2 Å². The number of aliphatic hydroxyl groups is 1. The molecule has 0 aliphatic rings. The number of nitrogens with zero attached hydrogens (tertiary/aromatic N) is 1. The fraction of sp³-hybridized carbons (Fsp3) is 0.452. The number of phenols is 1. The van der Waals surface area contributed by atoms with Crippen LogP contribution in [0.1, 0.15) is 69.7 Å². The van der Waals surface area contributed by atoms with Crippen molar-refractivity contribution in [2.75, 3.05) is 19.7 Å². The number of nitrogens with one attached hydrogen (secondary N) is 2. The normalized spacial score (nSPS) is 12.5. The first-order valence-electron chi connectivity index (χ1n) is 13.5. The van der Waals surface area contributed by atoms with Crippen LogP contribution in [0.15, 0.2) is 48.5 Å². The third kappa shape index (κ3) is 9.93. The lowest BCUT2D eigenvalue weighted by Crippen LogP contribution is -2.54. The van der Waals surface area contributed by atoms with Crippen molar-refractivity contribution in [2.24, 2.45) is 0 Å². The minimum atomic E-state index is -1.16. The van der Waals surface area contributed by atoms with E-state index in [0.717, 1.165) is 19.3 Å². The molecule has 0 fully saturated rings. The van der Waals surface area contributed by atoms with Crippen LogP contribution in [0.3, 0.4) is 0 Å². The number of ether oxygens (including phenoxy) is 1. The summed E-state index contributed by atoms with van der Waals surface area (Å²) in [4.78, 5) is 41.8. The molecule has 216 valence electrons. The molecule has 0 aromatic heterocycles. The largest absolute Gasteiger partial charge is 0.508 e. The predicted molar refractivity (Wildman–Crippen MR) is 153 cm³/mol. The zero-order valence-electron chi connectivity index (χ0n) is 23.8. The van der Waals surface area contributed by atoms with Crippen molar-refractivity contribution in [1.29, 1.82) is 0 Å². The van der Waals surface area contributed by atoms with E-state index >= 15 is 0 Å². The smallest absolute Gasteiger partial charge is 0.408 e. The number of carbonyl (C=O) groups excluding carboxylic acids is 3. The van der Waals surface area contributed by atoms with Gasteiger partial charge in [0.2, 0.25) is 11.8 Å². The molecule has 2 aromatic carbocycles. The third-order valence-electron chi connectivity index (χ3n) is 6.04. The molecule has 0 aliphatic carbocycles. The summed E-state index contributed by atoms with van der Waals surface area (Å²) in [6.07, 6.45) is 7.66. The van der Waals surface area contributed by atoms with Crippen LogP contribution in [-0.4, -0.2) is 64.4 Å². The van der Waals surface area contributed by atoms with Gasteiger partial charge in [-0.1, -0.05) is 56.0 Å². The van der Waals surface area contributed by atoms with E-state index in [1.165, 1.54) is 17.0 Å². The highest BCUT2D eigenvalue weighted by Gasteiger charge is 2.37. The highest BCUT2D eigenvalue weighted by atomic mass is 16.6. The number of alkyl carbamates (subject to hydrolysis) is 1. The minimum absolute atomic E-state index is 0.0436. The molecule has 0 bridgehead atoms. The number of hydrogen-bond acceptors (Lipinski definition) is 6. The number of unbranched alkanes of at least 4 members (excludes halogenated alkanes) is 2. The Morgan fingerprint density at radius 1 is 1.07 bits per heavy atom. The average Bonchev–Trinajstić information content (AvgIpc) is 2.90. The third-order valence-corrected chi connectivity index (χ3v) is 6.04. The number of terminal acetylenes is 1. The van der Waals surface area contributed by atoms with Crippen LogP contribution >= 0.6 is 0 Å². The molecule has 0 aliphatic heterocycles. The maximum absolute atomic E-state index is 14.2. The number of aromatic hydroxyl groups is 1. The van der Waals surface area contributed by atoms with Crippen LogP contribution in [0.25, 0.3) is 0 Å². The molecule has 3 amide bonds. The lowest BCUT2D eigenvalue weighted by atomic mass is 9.96. The summed E-state index contributed by atoms with van der Waals surface area (Å²) in [5, 5.41) is 25.2. The van der Waals surface area contributed by atoms with Crippen molar-refractivity contribution >= 4 is 17.9 Å². The Morgan fingerprint density at radius 2 is 1.75 bits per heavy atom. The lowest BCUT2D eigenvalue weighted by Gasteiger charge is -2.34. The summed E-state index contributed by atoms with van der Waals surface area (Å²) in [6.45, 7) is 6.97. The first-order chi connectivity index (χ1) is 19.0. The van der Waals surface area contributed by atoms with Gasteiger partial charge in [0.05, 0.1) is 6.61 Å². The molecule has 0 radical (unpaired) electrons. The monoisotopic (exact) mass is 551 g/mol. The Bertz CT molecular complexity index is 1170. The van der Waals surface area contributed by atoms with E-state index < -0.39 is 42.2 Å². The molecule has 0 saturated heterocycles. The fourth-order valence-corrected chi connectivity index (χ4v) is 4.19. The van der Waals surface area contributed by atoms with Crippen LogP contribution in [0, 0.1) is 12.3 Å². The van der Waals surface area contributed by atoms with Gasteiger partial charge < -0.3 is 30.5 Å². The maximum atomic E-state index is 14.2. The van der Waals surface area contributed by atoms with E-state index in [1.54, 1.807) is 57.2 Å². The summed E-state index contributed by atoms with van der Waals surface area (Å²) in [6, 6.07) is 10.7. The summed E-state index contributed by atoms with van der Waals surface area (Å²) in [5.74, 6) is 1.59. The average molecular weight is 552 g/mol. The molecule has 4 N–H and O–H groups in total. The van der Waals surface area contributed by atoms with Crippen LogP contribution in [0.4, 0.5) is 4.79 Å². The molecule has 0 heterocycles. The second-order valence-electron chi connectivity index (χ2n) is 10.5. The highest BCUT2D eigenvalue weighted by molar-refractivity contribution is 5.92. The van der Waals surface area contributed by atoms with Gasteiger partial charge in [-0.25, -0.2) is 4.79 Å². The van der Waals surface area contributed by atoms with Crippen LogP contribution in [0.5, 0.6) is 5.75 Å². The van der Waals surface area contributed by atoms with E-state index in [-0.39, 0.29) is 18.7 Å². The van der Waals surface area contributed by atoms with Gasteiger partial charge in [0.15, 0.2) is 0 Å². The van der Waals surface area contributed by atoms with E-state index in [1.807, 2.05) is 0 Å². The first-order valence-corrected chi connectivity index (χ1v) is 13.5. The van der Waals surface area contributed by atoms with Gasteiger partial charge in [0, 0.05) is 25.1 Å². The Hall–Kier alpha value is -4.03. The number of amides is 3. The zero-order valence-corrected chi connectivity index (χ0v) is 23.8. The number of carbonyl (C=O) groups is 3. The summed E-state index contributed by atoms with van der Waals surface area (Å²) in [7, 11) is 0. The topological polar surface area (TPSA) is 128 Å². The molecule has 40 heavy (non-hydrogen) atoms. The second kappa shape index (κ2) is 15.5. The molecule has 2 unspecified atom stereocenters. The molecular formula is C31H41N3O6. The zero-order chi connectivity index (χ0) is 29.7. The van der Waals surface area contributed by atoms with Gasteiger partial charge >= 0.3 is 6.09 Å². The molecular weight excluding hydrogens is 510 g/mol. The van der Waals surface area contributed by atoms with Crippen molar-refractivity contribution in [2.45, 2.75) is 71.1 Å². The molecule has 0 saturated carbocycles. The van der Waals surface area contributed by atoms with Crippen LogP contribution < -0.4 is 10.6 Å². The Labute approximate surface area is 236 Å². The van der Waals surface area contributed by atoms with Crippen LogP contribution in [0.2, 0.25) is 0 Å². The molecule has 2 aromatic rings. The fourth-order valence-electron chi connectivity index (χ4n) is 4.19. The van der Waals surface area contributed by atoms with Gasteiger partial charge in [0.1, 0.15) is 23.4 Å². The van der Waals surface area contributed by atoms with Crippen molar-refractivity contribution < 1.29 is 29.3 Å². The molecule has 2 rings (SSSR count). The summed E-state index contributed by atoms with van der Waals surface area (Å²) < 4.78 is 5.40. The van der Waals surface area contributed by atoms with E-state index in [4.69, 9.17) is 11.2 Å². The maximum Gasteiger partial charge on any atom is 0.408 e.